The van der Waals surface area contributed by atoms with Crippen molar-refractivity contribution >= 4 is 33.3 Å². The second-order valence-corrected chi connectivity index (χ2v) is 9.14. The van der Waals surface area contributed by atoms with E-state index in [4.69, 9.17) is 9.11 Å². The Hall–Kier alpha value is -1.70. The molecule has 1 saturated carbocycles. The second kappa shape index (κ2) is 9.87. The molecule has 29 heavy (non-hydrogen) atoms. The standard InChI is InChI=1S/C22H32N4O2S/c1-28-16-21(27)23-18-8-6-17(7-9-18)10-11-25-12-14-26(15-13-25)22-19-4-2-3-5-20(19)29-24-22/h2-5,17-18H,6-16H2,1H3,(H,23,27). The van der Waals surface area contributed by atoms with Gasteiger partial charge in [-0.1, -0.05) is 12.1 Å². The molecule has 2 aliphatic rings. The van der Waals surface area contributed by atoms with Crippen LogP contribution in [0.2, 0.25) is 0 Å². The van der Waals surface area contributed by atoms with Crippen LogP contribution in [0.5, 0.6) is 0 Å². The summed E-state index contributed by atoms with van der Waals surface area (Å²) in [5.74, 6) is 1.98. The summed E-state index contributed by atoms with van der Waals surface area (Å²) in [7, 11) is 1.56. The van der Waals surface area contributed by atoms with Crippen LogP contribution < -0.4 is 10.2 Å². The van der Waals surface area contributed by atoms with Gasteiger partial charge in [0, 0.05) is 44.7 Å². The Bertz CT molecular complexity index is 795. The number of aromatic nitrogens is 1. The van der Waals surface area contributed by atoms with E-state index in [1.807, 2.05) is 0 Å². The van der Waals surface area contributed by atoms with Gasteiger partial charge in [-0.05, 0) is 68.2 Å². The van der Waals surface area contributed by atoms with Crippen LogP contribution in [0, 0.1) is 5.92 Å². The van der Waals surface area contributed by atoms with Crippen molar-refractivity contribution in [3.63, 3.8) is 0 Å². The number of nitrogens with one attached hydrogen (secondary N) is 1. The minimum absolute atomic E-state index is 0.0155. The molecule has 1 aromatic carbocycles. The summed E-state index contributed by atoms with van der Waals surface area (Å²) in [6, 6.07) is 8.88. The van der Waals surface area contributed by atoms with E-state index in [2.05, 4.69) is 39.4 Å². The van der Waals surface area contributed by atoms with E-state index < -0.39 is 0 Å². The van der Waals surface area contributed by atoms with Crippen LogP contribution in [0.3, 0.4) is 0 Å². The summed E-state index contributed by atoms with van der Waals surface area (Å²) in [5.41, 5.74) is 0. The minimum Gasteiger partial charge on any atom is -0.375 e. The molecular formula is C22H32N4O2S. The molecule has 0 spiro atoms. The number of piperazine rings is 1. The van der Waals surface area contributed by atoms with Crippen molar-refractivity contribution in [2.24, 2.45) is 5.92 Å². The Morgan fingerprint density at radius 1 is 1.17 bits per heavy atom. The molecule has 7 heteroatoms. The van der Waals surface area contributed by atoms with Gasteiger partial charge < -0.3 is 15.0 Å². The third-order valence-corrected chi connectivity index (χ3v) is 7.19. The van der Waals surface area contributed by atoms with E-state index in [1.54, 1.807) is 18.6 Å². The normalized spacial score (nSPS) is 23.4. The van der Waals surface area contributed by atoms with Crippen molar-refractivity contribution in [3.8, 4) is 0 Å². The summed E-state index contributed by atoms with van der Waals surface area (Å²) in [4.78, 5) is 16.7. The van der Waals surface area contributed by atoms with Gasteiger partial charge in [-0.2, -0.15) is 4.37 Å². The molecule has 158 valence electrons. The zero-order valence-electron chi connectivity index (χ0n) is 17.3. The molecule has 0 radical (unpaired) electrons. The number of nitrogens with zero attached hydrogens (tertiary/aromatic N) is 3. The van der Waals surface area contributed by atoms with Crippen molar-refractivity contribution in [2.75, 3.05) is 51.3 Å². The maximum Gasteiger partial charge on any atom is 0.246 e. The number of hydrogen-bond donors (Lipinski definition) is 1. The summed E-state index contributed by atoms with van der Waals surface area (Å²) in [5, 5.41) is 4.38. The first kappa shape index (κ1) is 20.6. The van der Waals surface area contributed by atoms with Gasteiger partial charge in [0.2, 0.25) is 5.91 Å². The van der Waals surface area contributed by atoms with E-state index in [0.717, 1.165) is 44.9 Å². The van der Waals surface area contributed by atoms with E-state index in [9.17, 15) is 4.79 Å². The predicted octanol–water partition coefficient (Wildman–Crippen LogP) is 3.13. The lowest BCUT2D eigenvalue weighted by molar-refractivity contribution is -0.125. The van der Waals surface area contributed by atoms with Crippen LogP contribution in [-0.4, -0.2) is 67.7 Å². The maximum atomic E-state index is 11.7. The molecule has 4 rings (SSSR count). The monoisotopic (exact) mass is 416 g/mol. The summed E-state index contributed by atoms with van der Waals surface area (Å²) in [6.07, 6.45) is 5.93. The SMILES string of the molecule is COCC(=O)NC1CCC(CCN2CCN(c3nsc4ccccc34)CC2)CC1. The molecule has 1 aromatic heterocycles. The first-order valence-electron chi connectivity index (χ1n) is 10.8. The average Bonchev–Trinajstić information content (AvgIpc) is 3.18. The molecule has 2 aromatic rings. The number of amides is 1. The second-order valence-electron chi connectivity index (χ2n) is 8.34. The Morgan fingerprint density at radius 3 is 2.69 bits per heavy atom. The van der Waals surface area contributed by atoms with Crippen LogP contribution in [0.15, 0.2) is 24.3 Å². The number of ether oxygens (including phenoxy) is 1. The van der Waals surface area contributed by atoms with Crippen LogP contribution in [0.1, 0.15) is 32.1 Å². The van der Waals surface area contributed by atoms with Gasteiger partial charge in [0.1, 0.15) is 12.4 Å². The first-order chi connectivity index (χ1) is 14.2. The number of carbonyl (C=O) groups is 1. The highest BCUT2D eigenvalue weighted by atomic mass is 32.1. The summed E-state index contributed by atoms with van der Waals surface area (Å²) >= 11 is 1.61. The highest BCUT2D eigenvalue weighted by Crippen LogP contribution is 2.30. The third kappa shape index (κ3) is 5.27. The first-order valence-corrected chi connectivity index (χ1v) is 11.6. The van der Waals surface area contributed by atoms with E-state index in [0.29, 0.717) is 6.04 Å². The quantitative estimate of drug-likeness (QED) is 0.752. The smallest absolute Gasteiger partial charge is 0.246 e. The Kier molecular flexibility index (Phi) is 7.00. The Morgan fingerprint density at radius 2 is 1.93 bits per heavy atom. The lowest BCUT2D eigenvalue weighted by Gasteiger charge is -2.36. The van der Waals surface area contributed by atoms with Crippen LogP contribution in [-0.2, 0) is 9.53 Å². The van der Waals surface area contributed by atoms with Crippen molar-refractivity contribution in [2.45, 2.75) is 38.1 Å². The zero-order valence-corrected chi connectivity index (χ0v) is 18.1. The molecule has 1 saturated heterocycles. The molecule has 6 nitrogen and oxygen atoms in total. The van der Waals surface area contributed by atoms with E-state index >= 15 is 0 Å². The fraction of sp³-hybridized carbons (Fsp3) is 0.636. The van der Waals surface area contributed by atoms with Crippen LogP contribution in [0.25, 0.3) is 10.1 Å². The lowest BCUT2D eigenvalue weighted by Crippen LogP contribution is -2.47. The number of hydrogen-bond acceptors (Lipinski definition) is 6. The number of rotatable bonds is 7. The van der Waals surface area contributed by atoms with Crippen molar-refractivity contribution in [1.29, 1.82) is 0 Å². The van der Waals surface area contributed by atoms with E-state index in [-0.39, 0.29) is 12.5 Å². The zero-order chi connectivity index (χ0) is 20.1. The van der Waals surface area contributed by atoms with Gasteiger partial charge in [-0.3, -0.25) is 9.69 Å². The average molecular weight is 417 g/mol. The fourth-order valence-electron chi connectivity index (χ4n) is 4.64. The highest BCUT2D eigenvalue weighted by molar-refractivity contribution is 7.13. The number of benzene rings is 1. The molecule has 2 heterocycles. The van der Waals surface area contributed by atoms with Gasteiger partial charge in [0.25, 0.3) is 0 Å². The largest absolute Gasteiger partial charge is 0.375 e. The van der Waals surface area contributed by atoms with Crippen molar-refractivity contribution in [3.05, 3.63) is 24.3 Å². The molecular weight excluding hydrogens is 384 g/mol. The van der Waals surface area contributed by atoms with Crippen LogP contribution in [0.4, 0.5) is 5.82 Å². The molecule has 1 aliphatic heterocycles. The number of carbonyl (C=O) groups excluding carboxylic acids is 1. The van der Waals surface area contributed by atoms with Crippen LogP contribution >= 0.6 is 11.5 Å². The molecule has 0 bridgehead atoms. The summed E-state index contributed by atoms with van der Waals surface area (Å²) in [6.45, 7) is 5.72. The predicted molar refractivity (Wildman–Crippen MR) is 119 cm³/mol. The minimum atomic E-state index is 0.0155. The highest BCUT2D eigenvalue weighted by Gasteiger charge is 2.24. The van der Waals surface area contributed by atoms with Gasteiger partial charge >= 0.3 is 0 Å². The number of fused-ring (bicyclic) bond motifs is 1. The Labute approximate surface area is 177 Å². The molecule has 1 amide bonds. The Balaban J connectivity index is 1.17. The third-order valence-electron chi connectivity index (χ3n) is 6.37. The molecule has 0 atom stereocenters. The van der Waals surface area contributed by atoms with Crippen molar-refractivity contribution < 1.29 is 9.53 Å². The summed E-state index contributed by atoms with van der Waals surface area (Å²) < 4.78 is 10.9. The van der Waals surface area contributed by atoms with Gasteiger partial charge in [-0.15, -0.1) is 0 Å². The van der Waals surface area contributed by atoms with E-state index in [1.165, 1.54) is 41.7 Å². The number of methoxy groups -OCH3 is 1. The topological polar surface area (TPSA) is 57.7 Å². The number of anilines is 1. The molecule has 1 aliphatic carbocycles. The van der Waals surface area contributed by atoms with Gasteiger partial charge in [0.05, 0.1) is 4.70 Å². The van der Waals surface area contributed by atoms with Gasteiger partial charge in [-0.25, -0.2) is 0 Å². The van der Waals surface area contributed by atoms with Gasteiger partial charge in [0.15, 0.2) is 0 Å². The maximum absolute atomic E-state index is 11.7. The van der Waals surface area contributed by atoms with Crippen molar-refractivity contribution in [1.82, 2.24) is 14.6 Å². The molecule has 2 fully saturated rings. The molecule has 0 unspecified atom stereocenters. The lowest BCUT2D eigenvalue weighted by atomic mass is 9.84. The molecule has 1 N–H and O–H groups in total. The fourth-order valence-corrected chi connectivity index (χ4v) is 5.44.